The number of phenols is 1. The summed E-state index contributed by atoms with van der Waals surface area (Å²) in [5.74, 6) is -0.0880. The molecule has 0 aliphatic rings. The van der Waals surface area contributed by atoms with Gasteiger partial charge in [-0.05, 0) is 30.3 Å². The average Bonchev–Trinajstić information content (AvgIpc) is 2.38. The Hall–Kier alpha value is -2.21. The van der Waals surface area contributed by atoms with Crippen LogP contribution in [0.2, 0.25) is 0 Å². The lowest BCUT2D eigenvalue weighted by molar-refractivity contribution is 0.473. The molecule has 2 rings (SSSR count). The predicted octanol–water partition coefficient (Wildman–Crippen LogP) is 2.26. The molecule has 0 aliphatic heterocycles. The standard InChI is InChI=1S/C14H16N2O3S/c1-16(2)12-6-3-5-11(9-12)15-20(18,19)14-8-4-7-13(17)10-14/h3-10,15,17H,1-2H3. The van der Waals surface area contributed by atoms with Crippen molar-refractivity contribution in [1.82, 2.24) is 0 Å². The highest BCUT2D eigenvalue weighted by Gasteiger charge is 2.14. The van der Waals surface area contributed by atoms with Crippen LogP contribution in [0, 0.1) is 0 Å². The molecule has 0 heterocycles. The maximum absolute atomic E-state index is 12.2. The van der Waals surface area contributed by atoms with Crippen molar-refractivity contribution in [1.29, 1.82) is 0 Å². The highest BCUT2D eigenvalue weighted by atomic mass is 32.2. The first-order chi connectivity index (χ1) is 9.38. The van der Waals surface area contributed by atoms with Gasteiger partial charge in [0.1, 0.15) is 5.75 Å². The van der Waals surface area contributed by atoms with E-state index in [1.807, 2.05) is 25.1 Å². The molecule has 20 heavy (non-hydrogen) atoms. The van der Waals surface area contributed by atoms with Crippen LogP contribution in [0.4, 0.5) is 11.4 Å². The van der Waals surface area contributed by atoms with Crippen LogP contribution in [-0.4, -0.2) is 27.6 Å². The fraction of sp³-hybridized carbons (Fsp3) is 0.143. The van der Waals surface area contributed by atoms with Gasteiger partial charge in [-0.15, -0.1) is 0 Å². The summed E-state index contributed by atoms with van der Waals surface area (Å²) in [5.41, 5.74) is 1.36. The topological polar surface area (TPSA) is 69.6 Å². The number of nitrogens with one attached hydrogen (secondary N) is 1. The molecule has 0 spiro atoms. The van der Waals surface area contributed by atoms with Gasteiger partial charge in [0.2, 0.25) is 0 Å². The van der Waals surface area contributed by atoms with E-state index in [-0.39, 0.29) is 10.6 Å². The van der Waals surface area contributed by atoms with Crippen LogP contribution < -0.4 is 9.62 Å². The Morgan fingerprint density at radius 3 is 2.40 bits per heavy atom. The molecule has 0 radical (unpaired) electrons. The molecule has 0 saturated carbocycles. The predicted molar refractivity (Wildman–Crippen MR) is 79.7 cm³/mol. The minimum Gasteiger partial charge on any atom is -0.508 e. The van der Waals surface area contributed by atoms with Crippen LogP contribution in [0.3, 0.4) is 0 Å². The van der Waals surface area contributed by atoms with Crippen LogP contribution in [0.1, 0.15) is 0 Å². The van der Waals surface area contributed by atoms with Crippen molar-refractivity contribution in [3.8, 4) is 5.75 Å². The quantitative estimate of drug-likeness (QED) is 0.907. The van der Waals surface area contributed by atoms with E-state index in [9.17, 15) is 13.5 Å². The molecular weight excluding hydrogens is 276 g/mol. The Kier molecular flexibility index (Phi) is 3.85. The summed E-state index contributed by atoms with van der Waals surface area (Å²) in [6, 6.07) is 12.6. The molecule has 5 nitrogen and oxygen atoms in total. The number of benzene rings is 2. The van der Waals surface area contributed by atoms with Crippen molar-refractivity contribution < 1.29 is 13.5 Å². The van der Waals surface area contributed by atoms with E-state index in [0.717, 1.165) is 5.69 Å². The number of rotatable bonds is 4. The van der Waals surface area contributed by atoms with Gasteiger partial charge in [-0.25, -0.2) is 8.42 Å². The fourth-order valence-electron chi connectivity index (χ4n) is 1.71. The maximum atomic E-state index is 12.2. The lowest BCUT2D eigenvalue weighted by Gasteiger charge is -2.14. The molecule has 0 fully saturated rings. The van der Waals surface area contributed by atoms with Gasteiger partial charge >= 0.3 is 0 Å². The van der Waals surface area contributed by atoms with E-state index >= 15 is 0 Å². The van der Waals surface area contributed by atoms with Crippen molar-refractivity contribution in [3.05, 3.63) is 48.5 Å². The second kappa shape index (κ2) is 5.42. The summed E-state index contributed by atoms with van der Waals surface area (Å²) < 4.78 is 26.9. The molecule has 2 N–H and O–H groups in total. The number of nitrogens with zero attached hydrogens (tertiary/aromatic N) is 1. The molecule has 2 aromatic rings. The van der Waals surface area contributed by atoms with E-state index < -0.39 is 10.0 Å². The smallest absolute Gasteiger partial charge is 0.262 e. The van der Waals surface area contributed by atoms with Gasteiger partial charge in [-0.1, -0.05) is 12.1 Å². The summed E-state index contributed by atoms with van der Waals surface area (Å²) in [5, 5.41) is 9.36. The summed E-state index contributed by atoms with van der Waals surface area (Å²) >= 11 is 0. The number of hydrogen-bond acceptors (Lipinski definition) is 4. The van der Waals surface area contributed by atoms with E-state index in [2.05, 4.69) is 4.72 Å². The molecule has 6 heteroatoms. The lowest BCUT2D eigenvalue weighted by Crippen LogP contribution is -2.14. The number of hydrogen-bond donors (Lipinski definition) is 2. The summed E-state index contributed by atoms with van der Waals surface area (Å²) in [7, 11) is 0.0488. The van der Waals surface area contributed by atoms with Crippen LogP contribution in [-0.2, 0) is 10.0 Å². The first-order valence-corrected chi connectivity index (χ1v) is 7.46. The molecule has 0 atom stereocenters. The Morgan fingerprint density at radius 2 is 1.75 bits per heavy atom. The van der Waals surface area contributed by atoms with Gasteiger partial charge in [-0.2, -0.15) is 0 Å². The normalized spacial score (nSPS) is 11.1. The zero-order chi connectivity index (χ0) is 14.8. The van der Waals surface area contributed by atoms with Gasteiger partial charge < -0.3 is 10.0 Å². The highest BCUT2D eigenvalue weighted by molar-refractivity contribution is 7.92. The first-order valence-electron chi connectivity index (χ1n) is 5.98. The van der Waals surface area contributed by atoms with E-state index in [0.29, 0.717) is 5.69 Å². The number of sulfonamides is 1. The molecule has 2 aromatic carbocycles. The first kappa shape index (κ1) is 14.2. The molecule has 106 valence electrons. The van der Waals surface area contributed by atoms with Crippen molar-refractivity contribution >= 4 is 21.4 Å². The van der Waals surface area contributed by atoms with Crippen LogP contribution >= 0.6 is 0 Å². The zero-order valence-corrected chi connectivity index (χ0v) is 12.1. The molecule has 0 aliphatic carbocycles. The third-order valence-electron chi connectivity index (χ3n) is 2.74. The molecule has 0 unspecified atom stereocenters. The largest absolute Gasteiger partial charge is 0.508 e. The molecular formula is C14H16N2O3S. The van der Waals surface area contributed by atoms with Crippen molar-refractivity contribution in [2.75, 3.05) is 23.7 Å². The minimum atomic E-state index is -3.71. The van der Waals surface area contributed by atoms with E-state index in [1.54, 1.807) is 18.2 Å². The van der Waals surface area contributed by atoms with Crippen molar-refractivity contribution in [2.45, 2.75) is 4.90 Å². The number of phenolic OH excluding ortho intramolecular Hbond substituents is 1. The van der Waals surface area contributed by atoms with Crippen LogP contribution in [0.15, 0.2) is 53.4 Å². The Bertz CT molecular complexity index is 712. The number of aromatic hydroxyl groups is 1. The third kappa shape index (κ3) is 3.21. The highest BCUT2D eigenvalue weighted by Crippen LogP contribution is 2.22. The summed E-state index contributed by atoms with van der Waals surface area (Å²) in [4.78, 5) is 1.90. The van der Waals surface area contributed by atoms with Crippen LogP contribution in [0.5, 0.6) is 5.75 Å². The maximum Gasteiger partial charge on any atom is 0.262 e. The Morgan fingerprint density at radius 1 is 1.05 bits per heavy atom. The van der Waals surface area contributed by atoms with E-state index in [4.69, 9.17) is 0 Å². The van der Waals surface area contributed by atoms with Gasteiger partial charge in [0.15, 0.2) is 0 Å². The molecule has 0 bridgehead atoms. The lowest BCUT2D eigenvalue weighted by atomic mass is 10.3. The van der Waals surface area contributed by atoms with E-state index in [1.165, 1.54) is 24.3 Å². The Labute approximate surface area is 118 Å². The zero-order valence-electron chi connectivity index (χ0n) is 11.2. The molecule has 0 aromatic heterocycles. The van der Waals surface area contributed by atoms with Gasteiger partial charge in [-0.3, -0.25) is 4.72 Å². The van der Waals surface area contributed by atoms with Gasteiger partial charge in [0.05, 0.1) is 10.6 Å². The van der Waals surface area contributed by atoms with Crippen LogP contribution in [0.25, 0.3) is 0 Å². The molecule has 0 saturated heterocycles. The Balaban J connectivity index is 2.31. The second-order valence-electron chi connectivity index (χ2n) is 4.55. The summed E-state index contributed by atoms with van der Waals surface area (Å²) in [6.45, 7) is 0. The third-order valence-corrected chi connectivity index (χ3v) is 4.12. The van der Waals surface area contributed by atoms with Crippen molar-refractivity contribution in [2.24, 2.45) is 0 Å². The molecule has 0 amide bonds. The average molecular weight is 292 g/mol. The van der Waals surface area contributed by atoms with Gasteiger partial charge in [0, 0.05) is 25.8 Å². The van der Waals surface area contributed by atoms with Gasteiger partial charge in [0.25, 0.3) is 10.0 Å². The monoisotopic (exact) mass is 292 g/mol. The minimum absolute atomic E-state index is 0.0211. The number of anilines is 2. The fourth-order valence-corrected chi connectivity index (χ4v) is 2.80. The van der Waals surface area contributed by atoms with Crippen molar-refractivity contribution in [3.63, 3.8) is 0 Å². The summed E-state index contributed by atoms with van der Waals surface area (Å²) in [6.07, 6.45) is 0. The second-order valence-corrected chi connectivity index (χ2v) is 6.23. The SMILES string of the molecule is CN(C)c1cccc(NS(=O)(=O)c2cccc(O)c2)c1.